The Morgan fingerprint density at radius 2 is 2.35 bits per heavy atom. The number of rotatable bonds is 4. The highest BCUT2D eigenvalue weighted by Gasteiger charge is 2.17. The summed E-state index contributed by atoms with van der Waals surface area (Å²) in [5.41, 5.74) is 1.48. The van der Waals surface area contributed by atoms with E-state index >= 15 is 0 Å². The summed E-state index contributed by atoms with van der Waals surface area (Å²) >= 11 is 3.26. The molecule has 0 fully saturated rings. The smallest absolute Gasteiger partial charge is 0.321 e. The molecule has 0 heterocycles. The Morgan fingerprint density at radius 1 is 1.65 bits per heavy atom. The van der Waals surface area contributed by atoms with E-state index in [0.717, 1.165) is 5.69 Å². The molecule has 0 radical (unpaired) electrons. The first-order chi connectivity index (χ1) is 8.08. The molecule has 5 heteroatoms. The van der Waals surface area contributed by atoms with Crippen LogP contribution in [0.3, 0.4) is 0 Å². The molecule has 0 saturated carbocycles. The Labute approximate surface area is 109 Å². The van der Waals surface area contributed by atoms with Crippen LogP contribution in [-0.4, -0.2) is 31.5 Å². The van der Waals surface area contributed by atoms with Crippen molar-refractivity contribution in [3.05, 3.63) is 29.8 Å². The number of benzene rings is 1. The van der Waals surface area contributed by atoms with Crippen molar-refractivity contribution in [1.82, 2.24) is 0 Å². The van der Waals surface area contributed by atoms with Crippen LogP contribution < -0.4 is 4.90 Å². The topological polar surface area (TPSA) is 53.3 Å². The lowest BCUT2D eigenvalue weighted by Crippen LogP contribution is -2.31. The summed E-state index contributed by atoms with van der Waals surface area (Å²) in [6, 6.07) is 9.29. The van der Waals surface area contributed by atoms with Gasteiger partial charge in [-0.15, -0.1) is 0 Å². The Balaban J connectivity index is 2.73. The van der Waals surface area contributed by atoms with Gasteiger partial charge in [0.15, 0.2) is 0 Å². The second kappa shape index (κ2) is 6.26. The highest BCUT2D eigenvalue weighted by atomic mass is 79.9. The lowest BCUT2D eigenvalue weighted by molar-refractivity contribution is -0.139. The van der Waals surface area contributed by atoms with E-state index < -0.39 is 0 Å². The van der Waals surface area contributed by atoms with Crippen molar-refractivity contribution in [2.75, 3.05) is 25.6 Å². The SMILES string of the molecule is COC(=O)C(Br)CN(C)c1cccc(C#N)c1. The normalized spacial score (nSPS) is 11.4. The van der Waals surface area contributed by atoms with E-state index in [9.17, 15) is 4.79 Å². The fraction of sp³-hybridized carbons (Fsp3) is 0.333. The molecule has 0 saturated heterocycles. The molecule has 0 aliphatic rings. The summed E-state index contributed by atoms with van der Waals surface area (Å²) < 4.78 is 4.63. The second-order valence-corrected chi connectivity index (χ2v) is 4.64. The zero-order valence-corrected chi connectivity index (χ0v) is 11.3. The predicted molar refractivity (Wildman–Crippen MR) is 69.2 cm³/mol. The Bertz CT molecular complexity index is 442. The first kappa shape index (κ1) is 13.5. The highest BCUT2D eigenvalue weighted by Crippen LogP contribution is 2.16. The molecule has 1 rings (SSSR count). The van der Waals surface area contributed by atoms with Gasteiger partial charge < -0.3 is 9.64 Å². The van der Waals surface area contributed by atoms with Gasteiger partial charge in [-0.3, -0.25) is 4.79 Å². The molecule has 4 nitrogen and oxygen atoms in total. The Hall–Kier alpha value is -1.54. The maximum Gasteiger partial charge on any atom is 0.321 e. The zero-order chi connectivity index (χ0) is 12.8. The van der Waals surface area contributed by atoms with Gasteiger partial charge in [0.1, 0.15) is 4.83 Å². The van der Waals surface area contributed by atoms with Gasteiger partial charge in [-0.25, -0.2) is 0 Å². The Morgan fingerprint density at radius 3 is 2.94 bits per heavy atom. The van der Waals surface area contributed by atoms with Crippen LogP contribution >= 0.6 is 15.9 Å². The van der Waals surface area contributed by atoms with Crippen molar-refractivity contribution in [2.45, 2.75) is 4.83 Å². The van der Waals surface area contributed by atoms with Gasteiger partial charge in [0, 0.05) is 19.3 Å². The molecule has 0 bridgehead atoms. The highest BCUT2D eigenvalue weighted by molar-refractivity contribution is 9.10. The van der Waals surface area contributed by atoms with E-state index in [0.29, 0.717) is 12.1 Å². The van der Waals surface area contributed by atoms with Crippen LogP contribution in [0.4, 0.5) is 5.69 Å². The van der Waals surface area contributed by atoms with Gasteiger partial charge in [0.2, 0.25) is 0 Å². The first-order valence-corrected chi connectivity index (χ1v) is 5.93. The first-order valence-electron chi connectivity index (χ1n) is 5.01. The largest absolute Gasteiger partial charge is 0.468 e. The maximum absolute atomic E-state index is 11.3. The molecular weight excluding hydrogens is 284 g/mol. The van der Waals surface area contributed by atoms with Crippen LogP contribution in [0.2, 0.25) is 0 Å². The van der Waals surface area contributed by atoms with E-state index in [1.807, 2.05) is 24.1 Å². The van der Waals surface area contributed by atoms with E-state index in [1.165, 1.54) is 7.11 Å². The number of hydrogen-bond acceptors (Lipinski definition) is 4. The predicted octanol–water partition coefficient (Wildman–Crippen LogP) is 1.93. The van der Waals surface area contributed by atoms with E-state index in [4.69, 9.17) is 5.26 Å². The summed E-state index contributed by atoms with van der Waals surface area (Å²) in [6.07, 6.45) is 0. The van der Waals surface area contributed by atoms with Crippen molar-refractivity contribution < 1.29 is 9.53 Å². The molecule has 1 atom stereocenters. The fourth-order valence-electron chi connectivity index (χ4n) is 1.36. The van der Waals surface area contributed by atoms with Crippen LogP contribution in [0.5, 0.6) is 0 Å². The molecule has 90 valence electrons. The number of carbonyl (C=O) groups excluding carboxylic acids is 1. The van der Waals surface area contributed by atoms with Crippen molar-refractivity contribution in [3.8, 4) is 6.07 Å². The third-order valence-electron chi connectivity index (χ3n) is 2.31. The van der Waals surface area contributed by atoms with Gasteiger partial charge in [-0.2, -0.15) is 5.26 Å². The molecule has 1 aromatic rings. The summed E-state index contributed by atoms with van der Waals surface area (Å²) in [6.45, 7) is 0.474. The zero-order valence-electron chi connectivity index (χ0n) is 9.68. The third kappa shape index (κ3) is 3.75. The molecule has 1 aromatic carbocycles. The summed E-state index contributed by atoms with van der Waals surface area (Å²) in [5, 5.41) is 8.80. The third-order valence-corrected chi connectivity index (χ3v) is 2.97. The number of alkyl halides is 1. The van der Waals surface area contributed by atoms with Crippen molar-refractivity contribution >= 4 is 27.6 Å². The standard InChI is InChI=1S/C12H13BrN2O2/c1-15(8-11(13)12(16)17-2)10-5-3-4-9(6-10)7-14/h3-6,11H,8H2,1-2H3. The van der Waals surface area contributed by atoms with E-state index in [-0.39, 0.29) is 10.8 Å². The number of nitriles is 1. The minimum atomic E-state index is -0.386. The Kier molecular flexibility index (Phi) is 4.98. The number of hydrogen-bond donors (Lipinski definition) is 0. The van der Waals surface area contributed by atoms with E-state index in [2.05, 4.69) is 26.7 Å². The number of nitrogens with zero attached hydrogens (tertiary/aromatic N) is 2. The van der Waals surface area contributed by atoms with Crippen LogP contribution in [-0.2, 0) is 9.53 Å². The van der Waals surface area contributed by atoms with Crippen LogP contribution in [0.1, 0.15) is 5.56 Å². The van der Waals surface area contributed by atoms with Gasteiger partial charge >= 0.3 is 5.97 Å². The van der Waals surface area contributed by atoms with Gasteiger partial charge in [0.25, 0.3) is 0 Å². The molecule has 0 spiro atoms. The number of esters is 1. The van der Waals surface area contributed by atoms with Crippen LogP contribution in [0.25, 0.3) is 0 Å². The lowest BCUT2D eigenvalue weighted by Gasteiger charge is -2.21. The maximum atomic E-state index is 11.3. The minimum absolute atomic E-state index is 0.312. The number of ether oxygens (including phenoxy) is 1. The van der Waals surface area contributed by atoms with Gasteiger partial charge in [-0.1, -0.05) is 22.0 Å². The molecule has 0 aliphatic carbocycles. The van der Waals surface area contributed by atoms with E-state index in [1.54, 1.807) is 12.1 Å². The second-order valence-electron chi connectivity index (χ2n) is 3.53. The van der Waals surface area contributed by atoms with Crippen LogP contribution in [0.15, 0.2) is 24.3 Å². The average molecular weight is 297 g/mol. The molecule has 17 heavy (non-hydrogen) atoms. The van der Waals surface area contributed by atoms with Gasteiger partial charge in [0.05, 0.1) is 18.7 Å². The summed E-state index contributed by atoms with van der Waals surface area (Å²) in [7, 11) is 3.21. The van der Waals surface area contributed by atoms with Crippen molar-refractivity contribution in [1.29, 1.82) is 5.26 Å². The molecule has 0 N–H and O–H groups in total. The number of methoxy groups -OCH3 is 1. The summed E-state index contributed by atoms with van der Waals surface area (Å²) in [5.74, 6) is -0.312. The van der Waals surface area contributed by atoms with Crippen molar-refractivity contribution in [2.24, 2.45) is 0 Å². The molecule has 0 aromatic heterocycles. The van der Waals surface area contributed by atoms with Crippen LogP contribution in [0, 0.1) is 11.3 Å². The number of anilines is 1. The van der Waals surface area contributed by atoms with Crippen molar-refractivity contribution in [3.63, 3.8) is 0 Å². The fourth-order valence-corrected chi connectivity index (χ4v) is 1.98. The number of carbonyl (C=O) groups is 1. The van der Waals surface area contributed by atoms with Gasteiger partial charge in [-0.05, 0) is 18.2 Å². The lowest BCUT2D eigenvalue weighted by atomic mass is 10.2. The molecular formula is C12H13BrN2O2. The number of halogens is 1. The quantitative estimate of drug-likeness (QED) is 0.629. The minimum Gasteiger partial charge on any atom is -0.468 e. The average Bonchev–Trinajstić information content (AvgIpc) is 2.37. The molecule has 0 amide bonds. The monoisotopic (exact) mass is 296 g/mol. The molecule has 1 unspecified atom stereocenters. The summed E-state index contributed by atoms with van der Waals surface area (Å²) in [4.78, 5) is 12.8. The molecule has 0 aliphatic heterocycles.